The van der Waals surface area contributed by atoms with E-state index in [2.05, 4.69) is 73.4 Å². The fraction of sp³-hybridized carbons (Fsp3) is 0.552. The van der Waals surface area contributed by atoms with Crippen LogP contribution >= 0.6 is 0 Å². The van der Waals surface area contributed by atoms with E-state index in [9.17, 15) is 0 Å². The number of aromatic nitrogens is 4. The van der Waals surface area contributed by atoms with Crippen LogP contribution in [0.4, 0.5) is 11.6 Å². The number of hydrogen-bond acceptors (Lipinski definition) is 10. The van der Waals surface area contributed by atoms with Crippen LogP contribution in [0.2, 0.25) is 0 Å². The van der Waals surface area contributed by atoms with E-state index in [0.717, 1.165) is 68.3 Å². The minimum absolute atomic E-state index is 0.0384. The molecular formula is C29H41N7O4. The predicted octanol–water partition coefficient (Wildman–Crippen LogP) is 3.37. The largest absolute Gasteiger partial charge is 0.497 e. The Kier molecular flexibility index (Phi) is 9.69. The van der Waals surface area contributed by atoms with E-state index in [1.54, 1.807) is 14.2 Å². The Labute approximate surface area is 235 Å². The van der Waals surface area contributed by atoms with E-state index in [4.69, 9.17) is 18.9 Å². The van der Waals surface area contributed by atoms with Gasteiger partial charge in [0.1, 0.15) is 18.1 Å². The Bertz CT molecular complexity index is 1180. The monoisotopic (exact) mass is 551 g/mol. The number of hydrogen-bond donors (Lipinski definition) is 3. The van der Waals surface area contributed by atoms with Gasteiger partial charge < -0.3 is 34.5 Å². The summed E-state index contributed by atoms with van der Waals surface area (Å²) in [4.78, 5) is 2.39. The zero-order valence-corrected chi connectivity index (χ0v) is 23.6. The van der Waals surface area contributed by atoms with Crippen molar-refractivity contribution in [1.29, 1.82) is 0 Å². The fourth-order valence-electron chi connectivity index (χ4n) is 5.71. The van der Waals surface area contributed by atoms with Crippen molar-refractivity contribution >= 4 is 11.6 Å². The van der Waals surface area contributed by atoms with Crippen LogP contribution in [0.15, 0.2) is 42.5 Å². The molecule has 5 rings (SSSR count). The molecule has 11 heteroatoms. The maximum atomic E-state index is 6.64. The molecule has 2 aromatic carbocycles. The van der Waals surface area contributed by atoms with Gasteiger partial charge in [0.15, 0.2) is 0 Å². The second-order valence-electron chi connectivity index (χ2n) is 10.6. The van der Waals surface area contributed by atoms with Crippen LogP contribution in [0.3, 0.4) is 0 Å². The van der Waals surface area contributed by atoms with E-state index in [1.165, 1.54) is 5.56 Å². The highest BCUT2D eigenvalue weighted by Gasteiger charge is 2.33. The third-order valence-electron chi connectivity index (χ3n) is 7.73. The quantitative estimate of drug-likeness (QED) is 0.273. The van der Waals surface area contributed by atoms with E-state index < -0.39 is 0 Å². The first-order valence-corrected chi connectivity index (χ1v) is 14.1. The summed E-state index contributed by atoms with van der Waals surface area (Å²) in [5.74, 6) is 2.64. The second-order valence-corrected chi connectivity index (χ2v) is 10.6. The summed E-state index contributed by atoms with van der Waals surface area (Å²) in [6.07, 6.45) is 2.92. The van der Waals surface area contributed by atoms with Crippen molar-refractivity contribution in [2.45, 2.75) is 56.9 Å². The molecule has 1 saturated heterocycles. The molecular weight excluding hydrogens is 510 g/mol. The number of tetrazole rings is 1. The summed E-state index contributed by atoms with van der Waals surface area (Å²) in [7, 11) is 3.44. The molecule has 4 atom stereocenters. The van der Waals surface area contributed by atoms with Crippen LogP contribution in [-0.2, 0) is 16.1 Å². The lowest BCUT2D eigenvalue weighted by Crippen LogP contribution is -2.48. The fourth-order valence-corrected chi connectivity index (χ4v) is 5.71. The molecule has 1 fully saturated rings. The smallest absolute Gasteiger partial charge is 0.240 e. The topological polar surface area (TPSA) is 119 Å². The molecule has 0 spiro atoms. The minimum Gasteiger partial charge on any atom is -0.497 e. The van der Waals surface area contributed by atoms with E-state index in [0.29, 0.717) is 25.2 Å². The number of ether oxygens (including phenoxy) is 4. The molecule has 0 saturated carbocycles. The van der Waals surface area contributed by atoms with Gasteiger partial charge in [-0.2, -0.15) is 0 Å². The maximum Gasteiger partial charge on any atom is 0.240 e. The van der Waals surface area contributed by atoms with Gasteiger partial charge in [-0.05, 0) is 72.0 Å². The summed E-state index contributed by atoms with van der Waals surface area (Å²) in [6, 6.07) is 15.3. The maximum absolute atomic E-state index is 6.64. The minimum atomic E-state index is 0.0384. The highest BCUT2D eigenvalue weighted by atomic mass is 16.5. The van der Waals surface area contributed by atoms with Crippen molar-refractivity contribution in [3.8, 4) is 11.5 Å². The van der Waals surface area contributed by atoms with Gasteiger partial charge in [-0.15, -0.1) is 0 Å². The van der Waals surface area contributed by atoms with Gasteiger partial charge in [0.05, 0.1) is 32.1 Å². The Morgan fingerprint density at radius 3 is 2.83 bits per heavy atom. The molecule has 2 aliphatic rings. The average Bonchev–Trinajstić information content (AvgIpc) is 3.49. The number of H-pyrrole nitrogens is 1. The number of nitrogens with one attached hydrogen (secondary N) is 3. The number of rotatable bonds is 13. The van der Waals surface area contributed by atoms with Crippen molar-refractivity contribution in [3.05, 3.63) is 53.6 Å². The van der Waals surface area contributed by atoms with E-state index >= 15 is 0 Å². The number of aromatic amines is 1. The van der Waals surface area contributed by atoms with Crippen molar-refractivity contribution < 1.29 is 18.9 Å². The van der Waals surface area contributed by atoms with Gasteiger partial charge in [-0.25, -0.2) is 5.10 Å². The number of anilines is 2. The number of benzene rings is 2. The molecule has 3 aromatic rings. The predicted molar refractivity (Wildman–Crippen MR) is 153 cm³/mol. The summed E-state index contributed by atoms with van der Waals surface area (Å²) < 4.78 is 23.2. The first-order chi connectivity index (χ1) is 19.6. The lowest BCUT2D eigenvalue weighted by molar-refractivity contribution is 0.00201. The Morgan fingerprint density at radius 1 is 1.18 bits per heavy atom. The lowest BCUT2D eigenvalue weighted by Gasteiger charge is -2.38. The summed E-state index contributed by atoms with van der Waals surface area (Å²) in [5.41, 5.74) is 3.55. The van der Waals surface area contributed by atoms with Crippen LogP contribution in [-0.4, -0.2) is 85.9 Å². The number of piperidine rings is 1. The van der Waals surface area contributed by atoms with E-state index in [-0.39, 0.29) is 18.1 Å². The van der Waals surface area contributed by atoms with E-state index in [1.807, 2.05) is 12.1 Å². The Morgan fingerprint density at radius 2 is 2.05 bits per heavy atom. The van der Waals surface area contributed by atoms with Crippen LogP contribution < -0.4 is 25.0 Å². The summed E-state index contributed by atoms with van der Waals surface area (Å²) in [5, 5.41) is 21.1. The molecule has 0 aliphatic carbocycles. The molecule has 40 heavy (non-hydrogen) atoms. The number of fused-ring (bicyclic) bond motifs is 1. The second kappa shape index (κ2) is 13.8. The number of nitrogens with zero attached hydrogens (tertiary/aromatic N) is 4. The molecule has 0 bridgehead atoms. The van der Waals surface area contributed by atoms with Crippen LogP contribution in [0.1, 0.15) is 43.2 Å². The molecule has 11 nitrogen and oxygen atoms in total. The molecule has 2 unspecified atom stereocenters. The Balaban J connectivity index is 1.25. The molecule has 0 radical (unpaired) electrons. The normalized spacial score (nSPS) is 21.4. The average molecular weight is 552 g/mol. The highest BCUT2D eigenvalue weighted by Crippen LogP contribution is 2.35. The van der Waals surface area contributed by atoms with Gasteiger partial charge >= 0.3 is 0 Å². The number of methoxy groups -OCH3 is 2. The molecule has 3 heterocycles. The molecule has 216 valence electrons. The molecule has 3 N–H and O–H groups in total. The third kappa shape index (κ3) is 7.21. The third-order valence-corrected chi connectivity index (χ3v) is 7.73. The van der Waals surface area contributed by atoms with Gasteiger partial charge in [0, 0.05) is 44.8 Å². The van der Waals surface area contributed by atoms with Gasteiger partial charge in [0.25, 0.3) is 0 Å². The van der Waals surface area contributed by atoms with Crippen molar-refractivity contribution in [3.63, 3.8) is 0 Å². The lowest BCUT2D eigenvalue weighted by atomic mass is 9.82. The first-order valence-electron chi connectivity index (χ1n) is 14.1. The zero-order valence-electron chi connectivity index (χ0n) is 23.6. The molecule has 2 aliphatic heterocycles. The van der Waals surface area contributed by atoms with Crippen molar-refractivity contribution in [2.75, 3.05) is 57.3 Å². The Hall–Kier alpha value is -3.41. The standard InChI is InChI=1S/C29H41N7O4/c1-20(31-29-32-34-35-33-29)15-23-17-25(22-6-8-24(38-3)9-7-22)28(18-30-23)40-19-21-5-10-27-26(16-21)36(12-14-39-27)11-4-13-37-2/h5-10,16,20,23,25,28,30H,4,11-15,17-19H2,1-3H3,(H2,31,32,33,34,35)/t20-,23?,25-,28?/m1/s1. The van der Waals surface area contributed by atoms with Crippen LogP contribution in [0, 0.1) is 0 Å². The van der Waals surface area contributed by atoms with Crippen molar-refractivity contribution in [2.24, 2.45) is 0 Å². The zero-order chi connectivity index (χ0) is 27.7. The van der Waals surface area contributed by atoms with Gasteiger partial charge in [0.2, 0.25) is 5.95 Å². The van der Waals surface area contributed by atoms with Crippen LogP contribution in [0.25, 0.3) is 0 Å². The molecule has 0 amide bonds. The summed E-state index contributed by atoms with van der Waals surface area (Å²) >= 11 is 0. The molecule has 1 aromatic heterocycles. The first kappa shape index (κ1) is 28.1. The highest BCUT2D eigenvalue weighted by molar-refractivity contribution is 5.61. The van der Waals surface area contributed by atoms with Crippen LogP contribution in [0.5, 0.6) is 11.5 Å². The summed E-state index contributed by atoms with van der Waals surface area (Å²) in [6.45, 7) is 6.75. The van der Waals surface area contributed by atoms with Crippen molar-refractivity contribution in [1.82, 2.24) is 25.9 Å². The SMILES string of the molecule is COCCCN1CCOc2ccc(COC3CNC(C[C@@H](C)Nc4nnn[nH]4)C[C@@H]3c3ccc(OC)cc3)cc21. The van der Waals surface area contributed by atoms with Gasteiger partial charge in [-0.1, -0.05) is 23.3 Å². The van der Waals surface area contributed by atoms with Gasteiger partial charge in [-0.3, -0.25) is 0 Å².